The maximum absolute atomic E-state index is 13.8. The van der Waals surface area contributed by atoms with Gasteiger partial charge in [-0.25, -0.2) is 24.5 Å². The zero-order chi connectivity index (χ0) is 58.3. The first-order chi connectivity index (χ1) is 40.7. The molecule has 0 aliphatic heterocycles. The summed E-state index contributed by atoms with van der Waals surface area (Å²) in [5.41, 5.74) is 2.33. The van der Waals surface area contributed by atoms with Crippen molar-refractivity contribution in [2.45, 2.75) is 141 Å². The molecule has 5 aromatic rings. The molecule has 2 aliphatic carbocycles. The first-order valence-corrected chi connectivity index (χ1v) is 30.5. The molecule has 0 radical (unpaired) electrons. The second-order valence-electron chi connectivity index (χ2n) is 21.2. The van der Waals surface area contributed by atoms with Crippen molar-refractivity contribution in [2.75, 3.05) is 51.2 Å². The molecule has 18 heteroatoms. The van der Waals surface area contributed by atoms with Gasteiger partial charge >= 0.3 is 17.9 Å². The van der Waals surface area contributed by atoms with Gasteiger partial charge in [0.25, 0.3) is 0 Å². The first kappa shape index (κ1) is 63.7. The van der Waals surface area contributed by atoms with Crippen LogP contribution in [-0.2, 0) is 33.6 Å². The molecule has 83 heavy (non-hydrogen) atoms. The Labute approximate surface area is 492 Å². The Bertz CT molecular complexity index is 2720. The van der Waals surface area contributed by atoms with E-state index in [0.29, 0.717) is 82.3 Å². The van der Waals surface area contributed by atoms with Gasteiger partial charge in [0.05, 0.1) is 61.5 Å². The monoisotopic (exact) mass is 1160 g/mol. The normalized spacial score (nSPS) is 17.3. The Balaban J connectivity index is 0.904. The molecular formula is C65H83N3O14S. The lowest BCUT2D eigenvalue weighted by Gasteiger charge is -2.32. The number of unbranched alkanes of at least 4 members (excludes halogenated alkanes) is 9. The lowest BCUT2D eigenvalue weighted by molar-refractivity contribution is -0.296. The number of anilines is 1. The van der Waals surface area contributed by atoms with E-state index in [1.165, 1.54) is 12.2 Å². The number of aliphatic hydroxyl groups is 1. The molecule has 1 atom stereocenters. The van der Waals surface area contributed by atoms with Gasteiger partial charge in [0, 0.05) is 30.9 Å². The average Bonchev–Trinajstić information content (AvgIpc) is 4.12. The van der Waals surface area contributed by atoms with Crippen LogP contribution in [-0.4, -0.2) is 91.8 Å². The average molecular weight is 1160 g/mol. The van der Waals surface area contributed by atoms with Crippen molar-refractivity contribution in [1.29, 1.82) is 0 Å². The fourth-order valence-electron chi connectivity index (χ4n) is 10.2. The molecule has 2 fully saturated rings. The van der Waals surface area contributed by atoms with E-state index < -0.39 is 18.0 Å². The van der Waals surface area contributed by atoms with E-state index in [9.17, 15) is 24.7 Å². The van der Waals surface area contributed by atoms with E-state index in [-0.39, 0.29) is 36.4 Å². The van der Waals surface area contributed by atoms with Crippen molar-refractivity contribution >= 4 is 50.8 Å². The highest BCUT2D eigenvalue weighted by Crippen LogP contribution is 2.40. The molecule has 0 spiro atoms. The van der Waals surface area contributed by atoms with Gasteiger partial charge in [0.15, 0.2) is 5.75 Å². The summed E-state index contributed by atoms with van der Waals surface area (Å²) in [6.07, 6.45) is 20.2. The minimum atomic E-state index is -0.474. The number of benzene rings is 4. The second-order valence-corrected chi connectivity index (χ2v) is 22.2. The lowest BCUT2D eigenvalue weighted by Crippen LogP contribution is -2.30. The number of ether oxygens (including phenoxy) is 6. The highest BCUT2D eigenvalue weighted by atomic mass is 32.1. The van der Waals surface area contributed by atoms with E-state index in [1.54, 1.807) is 35.8 Å². The molecule has 2 N–H and O–H groups in total. The van der Waals surface area contributed by atoms with Gasteiger partial charge in [0.2, 0.25) is 5.13 Å². The second kappa shape index (κ2) is 36.0. The number of rotatable bonds is 38. The van der Waals surface area contributed by atoms with Crippen molar-refractivity contribution in [1.82, 2.24) is 4.98 Å². The smallest absolute Gasteiger partial charge is 0.330 e. The van der Waals surface area contributed by atoms with Crippen molar-refractivity contribution in [3.63, 3.8) is 0 Å². The number of esters is 3. The molecule has 1 heterocycles. The van der Waals surface area contributed by atoms with Crippen molar-refractivity contribution in [3.05, 3.63) is 127 Å². The SMILES string of the molecule is C=CC(=O)OCCCCCCOc1ccc(OC2CCC(C(=O)Oc3ccc(OOCC4CCC(C(OO)c5ccc(OCCCCCCOC(=O)C=C)cc5)CC4)c(/C=N/N(CCCCCCO)c4nc5ccccc5s4)c3)CC2)cc1. The predicted octanol–water partition coefficient (Wildman–Crippen LogP) is 13.9. The van der Waals surface area contributed by atoms with Crippen LogP contribution in [0.4, 0.5) is 5.13 Å². The molecule has 4 aromatic carbocycles. The first-order valence-electron chi connectivity index (χ1n) is 29.7. The van der Waals surface area contributed by atoms with Crippen molar-refractivity contribution < 1.29 is 67.8 Å². The minimum Gasteiger partial charge on any atom is -0.494 e. The number of hydrazone groups is 1. The Hall–Kier alpha value is -6.83. The Kier molecular flexibility index (Phi) is 27.7. The lowest BCUT2D eigenvalue weighted by atomic mass is 9.78. The van der Waals surface area contributed by atoms with Crippen LogP contribution in [0, 0.1) is 17.8 Å². The molecule has 17 nitrogen and oxygen atoms in total. The van der Waals surface area contributed by atoms with Gasteiger partial charge in [-0.2, -0.15) is 9.99 Å². The molecule has 448 valence electrons. The highest BCUT2D eigenvalue weighted by Gasteiger charge is 2.31. The number of aliphatic hydroxyl groups excluding tert-OH is 1. The zero-order valence-electron chi connectivity index (χ0n) is 47.8. The topological polar surface area (TPSA) is 203 Å². The van der Waals surface area contributed by atoms with Crippen LogP contribution in [0.15, 0.2) is 121 Å². The molecule has 1 unspecified atom stereocenters. The van der Waals surface area contributed by atoms with Crippen molar-refractivity contribution in [2.24, 2.45) is 22.9 Å². The van der Waals surface area contributed by atoms with Gasteiger partial charge < -0.3 is 38.4 Å². The number of hydrogen-bond acceptors (Lipinski definition) is 18. The fourth-order valence-corrected chi connectivity index (χ4v) is 11.2. The summed E-state index contributed by atoms with van der Waals surface area (Å²) in [6.45, 7) is 9.89. The van der Waals surface area contributed by atoms with Gasteiger partial charge in [-0.05, 0) is 200 Å². The van der Waals surface area contributed by atoms with Crippen LogP contribution in [0.2, 0.25) is 0 Å². The summed E-state index contributed by atoms with van der Waals surface area (Å²) in [4.78, 5) is 58.2. The maximum Gasteiger partial charge on any atom is 0.330 e. The summed E-state index contributed by atoms with van der Waals surface area (Å²) in [5.74, 6) is 1.99. The number of para-hydroxylation sites is 1. The van der Waals surface area contributed by atoms with E-state index in [1.807, 2.05) is 77.8 Å². The van der Waals surface area contributed by atoms with Gasteiger partial charge in [-0.15, -0.1) is 0 Å². The Morgan fingerprint density at radius 1 is 0.675 bits per heavy atom. The third kappa shape index (κ3) is 22.0. The summed E-state index contributed by atoms with van der Waals surface area (Å²) < 4.78 is 35.4. The van der Waals surface area contributed by atoms with Crippen LogP contribution >= 0.6 is 11.3 Å². The number of nitrogens with zero attached hydrogens (tertiary/aromatic N) is 3. The Morgan fingerprint density at radius 3 is 1.89 bits per heavy atom. The molecular weight excluding hydrogens is 1080 g/mol. The third-order valence-electron chi connectivity index (χ3n) is 15.0. The molecule has 2 aliphatic rings. The number of carbonyl (C=O) groups is 3. The number of fused-ring (bicyclic) bond motifs is 1. The Morgan fingerprint density at radius 2 is 1.27 bits per heavy atom. The molecule has 0 bridgehead atoms. The third-order valence-corrected chi connectivity index (χ3v) is 16.0. The number of thiazole rings is 1. The van der Waals surface area contributed by atoms with Crippen LogP contribution in [0.3, 0.4) is 0 Å². The zero-order valence-corrected chi connectivity index (χ0v) is 48.6. The largest absolute Gasteiger partial charge is 0.494 e. The standard InChI is InChI=1S/C65H83N3O14S/c1-3-61(70)76-43-17-9-7-15-41-74-53-29-25-50(26-30-53)63(81-73)49-23-21-48(22-24-49)47-78-82-59-38-37-57(45-52(59)46-66-68(39-13-5-6-14-40-69)65-67-58-19-11-12-20-60(58)83-65)80-64(72)51-27-31-55(32-28-51)79-56-35-33-54(34-36-56)75-42-16-8-10-18-44-77-62(71)4-2/h3-4,11-12,19-20,25-26,29-30,33-38,45-46,48-49,51,55,63,69,73H,1-2,5-10,13-18,21-24,27-28,31-32,39-44,47H2/b66-46+. The summed E-state index contributed by atoms with van der Waals surface area (Å²) in [6, 6.07) is 28.6. The number of aromatic nitrogens is 1. The summed E-state index contributed by atoms with van der Waals surface area (Å²) in [7, 11) is 0. The summed E-state index contributed by atoms with van der Waals surface area (Å²) >= 11 is 1.56. The maximum atomic E-state index is 13.8. The van der Waals surface area contributed by atoms with Crippen LogP contribution in [0.25, 0.3) is 10.2 Å². The predicted molar refractivity (Wildman–Crippen MR) is 320 cm³/mol. The molecule has 7 rings (SSSR count). The molecule has 2 saturated carbocycles. The summed E-state index contributed by atoms with van der Waals surface area (Å²) in [5, 5.41) is 27.1. The highest BCUT2D eigenvalue weighted by molar-refractivity contribution is 7.22. The minimum absolute atomic E-state index is 0.0295. The van der Waals surface area contributed by atoms with Gasteiger partial charge in [-0.3, -0.25) is 10.1 Å². The molecule has 0 saturated heterocycles. The van der Waals surface area contributed by atoms with E-state index in [4.69, 9.17) is 53.2 Å². The van der Waals surface area contributed by atoms with Crippen LogP contribution in [0.5, 0.6) is 28.7 Å². The fraction of sp³-hybridized carbons (Fsp3) is 0.492. The van der Waals surface area contributed by atoms with E-state index >= 15 is 0 Å². The van der Waals surface area contributed by atoms with Crippen LogP contribution < -0.4 is 28.8 Å². The quantitative estimate of drug-likeness (QED) is 0.00717. The molecule has 0 amide bonds. The van der Waals surface area contributed by atoms with Crippen LogP contribution in [0.1, 0.15) is 146 Å². The molecule has 1 aromatic heterocycles. The van der Waals surface area contributed by atoms with E-state index in [0.717, 1.165) is 141 Å². The van der Waals surface area contributed by atoms with Gasteiger partial charge in [-0.1, -0.05) is 61.6 Å². The number of hydrogen-bond donors (Lipinski definition) is 2. The van der Waals surface area contributed by atoms with E-state index in [2.05, 4.69) is 13.2 Å². The number of carbonyl (C=O) groups excluding carboxylic acids is 3. The van der Waals surface area contributed by atoms with Crippen molar-refractivity contribution in [3.8, 4) is 28.7 Å². The van der Waals surface area contributed by atoms with Gasteiger partial charge in [0.1, 0.15) is 29.1 Å².